The lowest BCUT2D eigenvalue weighted by atomic mass is 10.1. The van der Waals surface area contributed by atoms with E-state index in [-0.39, 0.29) is 9.99 Å². The van der Waals surface area contributed by atoms with Gasteiger partial charge in [-0.05, 0) is 40.6 Å². The monoisotopic (exact) mass is 436 g/mol. The molecule has 0 aliphatic carbocycles. The van der Waals surface area contributed by atoms with Gasteiger partial charge in [0.15, 0.2) is 0 Å². The van der Waals surface area contributed by atoms with E-state index >= 15 is 0 Å². The number of phenolic OH excluding ortho intramolecular Hbond substituents is 1. The molecule has 0 radical (unpaired) electrons. The summed E-state index contributed by atoms with van der Waals surface area (Å²) < 4.78 is 0.250. The number of benzene rings is 1. The molecule has 23 heavy (non-hydrogen) atoms. The molecule has 0 aliphatic rings. The molecule has 1 aromatic carbocycles. The van der Waals surface area contributed by atoms with Crippen molar-refractivity contribution in [2.75, 3.05) is 0 Å². The summed E-state index contributed by atoms with van der Waals surface area (Å²) in [6, 6.07) is 1.58. The average molecular weight is 436 g/mol. The van der Waals surface area contributed by atoms with Gasteiger partial charge in [-0.15, -0.1) is 0 Å². The largest absolute Gasteiger partial charge is 0.501 e. The van der Waals surface area contributed by atoms with Crippen molar-refractivity contribution in [2.24, 2.45) is 0 Å². The number of aliphatic carboxylic acids is 1. The van der Waals surface area contributed by atoms with E-state index in [1.807, 2.05) is 6.92 Å². The summed E-state index contributed by atoms with van der Waals surface area (Å²) in [5.74, 6) is -2.10. The van der Waals surface area contributed by atoms with E-state index in [0.717, 1.165) is 12.5 Å². The molecule has 0 spiro atoms. The lowest BCUT2D eigenvalue weighted by Crippen LogP contribution is -2.41. The highest BCUT2D eigenvalue weighted by Gasteiger charge is 2.22. The van der Waals surface area contributed by atoms with Crippen molar-refractivity contribution in [1.29, 1.82) is 0 Å². The molecule has 1 atom stereocenters. The van der Waals surface area contributed by atoms with E-state index < -0.39 is 34.3 Å². The number of amides is 1. The predicted octanol–water partition coefficient (Wildman–Crippen LogP) is 2.21. The molecule has 9 heteroatoms. The van der Waals surface area contributed by atoms with Crippen molar-refractivity contribution in [1.82, 2.24) is 5.32 Å². The minimum atomic E-state index is -1.11. The third kappa shape index (κ3) is 5.66. The first-order valence-corrected chi connectivity index (χ1v) is 8.02. The highest BCUT2D eigenvalue weighted by molar-refractivity contribution is 14.1. The number of carboxylic acids is 1. The van der Waals surface area contributed by atoms with Gasteiger partial charge in [0.05, 0.1) is 14.9 Å². The number of carbonyl (C=O) groups excluding carboxylic acids is 1. The zero-order valence-electron chi connectivity index (χ0n) is 12.4. The van der Waals surface area contributed by atoms with Crippen molar-refractivity contribution in [3.8, 4) is 5.75 Å². The molecule has 1 rings (SSSR count). The van der Waals surface area contributed by atoms with E-state index in [1.54, 1.807) is 22.6 Å². The molecule has 0 bridgehead atoms. The van der Waals surface area contributed by atoms with E-state index in [2.05, 4.69) is 5.32 Å². The fourth-order valence-corrected chi connectivity index (χ4v) is 2.65. The summed E-state index contributed by atoms with van der Waals surface area (Å²) in [6.07, 6.45) is 1.60. The topological polar surface area (TPSA) is 130 Å². The Morgan fingerprint density at radius 3 is 2.61 bits per heavy atom. The van der Waals surface area contributed by atoms with E-state index in [0.29, 0.717) is 18.4 Å². The molecule has 1 unspecified atom stereocenters. The molecule has 0 fully saturated rings. The number of aromatic hydroxyl groups is 1. The first-order valence-electron chi connectivity index (χ1n) is 6.94. The number of hydrogen-bond acceptors (Lipinski definition) is 5. The number of rotatable bonds is 8. The van der Waals surface area contributed by atoms with Crippen molar-refractivity contribution in [3.63, 3.8) is 0 Å². The molecule has 1 amide bonds. The Morgan fingerprint density at radius 1 is 1.43 bits per heavy atom. The molecular weight excluding hydrogens is 419 g/mol. The van der Waals surface area contributed by atoms with Crippen LogP contribution in [0.2, 0.25) is 0 Å². The maximum Gasteiger partial charge on any atom is 0.326 e. The summed E-state index contributed by atoms with van der Waals surface area (Å²) in [5.41, 5.74) is -0.156. The lowest BCUT2D eigenvalue weighted by Gasteiger charge is -2.14. The summed E-state index contributed by atoms with van der Waals surface area (Å²) in [5, 5.41) is 32.0. The van der Waals surface area contributed by atoms with Crippen molar-refractivity contribution in [3.05, 3.63) is 31.4 Å². The minimum Gasteiger partial charge on any atom is -0.501 e. The van der Waals surface area contributed by atoms with Gasteiger partial charge in [0.25, 0.3) is 0 Å². The molecule has 8 nitrogen and oxygen atoms in total. The third-order valence-corrected chi connectivity index (χ3v) is 3.97. The van der Waals surface area contributed by atoms with Crippen LogP contribution in [0.25, 0.3) is 0 Å². The van der Waals surface area contributed by atoms with Crippen LogP contribution in [-0.4, -0.2) is 33.1 Å². The summed E-state index contributed by atoms with van der Waals surface area (Å²) in [7, 11) is 0. The van der Waals surface area contributed by atoms with Crippen LogP contribution in [0.5, 0.6) is 5.75 Å². The Kier molecular flexibility index (Phi) is 7.20. The first-order chi connectivity index (χ1) is 10.8. The molecule has 0 saturated carbocycles. The van der Waals surface area contributed by atoms with E-state index in [4.69, 9.17) is 5.11 Å². The molecule has 0 saturated heterocycles. The summed E-state index contributed by atoms with van der Waals surface area (Å²) in [4.78, 5) is 33.2. The Bertz CT molecular complexity index is 620. The van der Waals surface area contributed by atoms with Gasteiger partial charge in [0.2, 0.25) is 11.7 Å². The number of unbranched alkanes of at least 4 members (excludes halogenated alkanes) is 1. The zero-order chi connectivity index (χ0) is 17.6. The second kappa shape index (κ2) is 8.65. The minimum absolute atomic E-state index is 0.201. The highest BCUT2D eigenvalue weighted by atomic mass is 127. The Labute approximate surface area is 146 Å². The molecule has 1 aromatic rings. The number of halogens is 1. The number of nitro benzene ring substituents is 1. The van der Waals surface area contributed by atoms with Gasteiger partial charge >= 0.3 is 11.7 Å². The Hall–Kier alpha value is -1.91. The van der Waals surface area contributed by atoms with Crippen molar-refractivity contribution in [2.45, 2.75) is 38.6 Å². The second-order valence-corrected chi connectivity index (χ2v) is 6.14. The van der Waals surface area contributed by atoms with Gasteiger partial charge in [0, 0.05) is 6.07 Å². The van der Waals surface area contributed by atoms with Crippen LogP contribution in [0, 0.1) is 13.7 Å². The van der Waals surface area contributed by atoms with Gasteiger partial charge in [-0.3, -0.25) is 14.9 Å². The smallest absolute Gasteiger partial charge is 0.326 e. The van der Waals surface area contributed by atoms with Crippen LogP contribution in [-0.2, 0) is 16.0 Å². The van der Waals surface area contributed by atoms with Crippen molar-refractivity contribution >= 4 is 40.2 Å². The number of carbonyl (C=O) groups is 2. The second-order valence-electron chi connectivity index (χ2n) is 4.98. The van der Waals surface area contributed by atoms with Gasteiger partial charge < -0.3 is 15.5 Å². The Morgan fingerprint density at radius 2 is 2.09 bits per heavy atom. The maximum atomic E-state index is 12.0. The quantitative estimate of drug-likeness (QED) is 0.326. The summed E-state index contributed by atoms with van der Waals surface area (Å²) in [6.45, 7) is 1.91. The molecular formula is C14H17IN2O6. The molecule has 3 N–H and O–H groups in total. The van der Waals surface area contributed by atoms with E-state index in [1.165, 1.54) is 6.07 Å². The molecule has 0 aromatic heterocycles. The first kappa shape index (κ1) is 19.1. The number of carboxylic acid groups (broad SMARTS) is 1. The molecule has 126 valence electrons. The van der Waals surface area contributed by atoms with Gasteiger partial charge in [0.1, 0.15) is 6.04 Å². The van der Waals surface area contributed by atoms with Crippen molar-refractivity contribution < 1.29 is 24.7 Å². The highest BCUT2D eigenvalue weighted by Crippen LogP contribution is 2.32. The predicted molar refractivity (Wildman–Crippen MR) is 90.3 cm³/mol. The van der Waals surface area contributed by atoms with Crippen LogP contribution in [0.4, 0.5) is 5.69 Å². The number of nitrogens with one attached hydrogen (secondary N) is 1. The number of hydrogen-bond donors (Lipinski definition) is 3. The SMILES string of the molecule is CCCCC(NC(=O)Cc1cc(I)c(O)c([N+](=O)[O-])c1)C(=O)O. The van der Waals surface area contributed by atoms with Gasteiger partial charge in [-0.1, -0.05) is 19.8 Å². The van der Waals surface area contributed by atoms with Crippen LogP contribution < -0.4 is 5.32 Å². The van der Waals surface area contributed by atoms with Gasteiger partial charge in [-0.2, -0.15) is 0 Å². The standard InChI is InChI=1S/C14H17IN2O6/c1-2-3-4-10(14(20)21)16-12(18)7-8-5-9(15)13(19)11(6-8)17(22)23/h5-6,10,19H,2-4,7H2,1H3,(H,16,18)(H,20,21). The van der Waals surface area contributed by atoms with Crippen LogP contribution >= 0.6 is 22.6 Å². The van der Waals surface area contributed by atoms with Crippen LogP contribution in [0.15, 0.2) is 12.1 Å². The maximum absolute atomic E-state index is 12.0. The number of nitro groups is 1. The normalized spacial score (nSPS) is 11.7. The lowest BCUT2D eigenvalue weighted by molar-refractivity contribution is -0.386. The van der Waals surface area contributed by atoms with E-state index in [9.17, 15) is 24.8 Å². The molecule has 0 aliphatic heterocycles. The number of phenols is 1. The van der Waals surface area contributed by atoms with Crippen LogP contribution in [0.1, 0.15) is 31.7 Å². The zero-order valence-corrected chi connectivity index (χ0v) is 14.6. The average Bonchev–Trinajstić information content (AvgIpc) is 2.46. The third-order valence-electron chi connectivity index (χ3n) is 3.14. The van der Waals surface area contributed by atoms with Crippen LogP contribution in [0.3, 0.4) is 0 Å². The number of nitrogens with zero attached hydrogens (tertiary/aromatic N) is 1. The Balaban J connectivity index is 2.84. The summed E-state index contributed by atoms with van der Waals surface area (Å²) >= 11 is 1.73. The fraction of sp³-hybridized carbons (Fsp3) is 0.429. The van der Waals surface area contributed by atoms with Gasteiger partial charge in [-0.25, -0.2) is 4.79 Å². The fourth-order valence-electron chi connectivity index (χ4n) is 1.98. The molecule has 0 heterocycles.